The molecule has 20 heavy (non-hydrogen) atoms. The SMILES string of the molecule is CCCCc1nnc2n1NC(c1ccc(F)cc1)CS2. The van der Waals surface area contributed by atoms with Crippen LogP contribution in [0.5, 0.6) is 0 Å². The molecule has 0 radical (unpaired) electrons. The maximum Gasteiger partial charge on any atom is 0.210 e. The summed E-state index contributed by atoms with van der Waals surface area (Å²) in [6, 6.07) is 6.82. The molecule has 1 aliphatic heterocycles. The van der Waals surface area contributed by atoms with E-state index in [1.807, 2.05) is 16.8 Å². The predicted molar refractivity (Wildman–Crippen MR) is 77.9 cm³/mol. The largest absolute Gasteiger partial charge is 0.314 e. The second kappa shape index (κ2) is 5.83. The first-order chi connectivity index (χ1) is 9.78. The number of thioether (sulfide) groups is 1. The van der Waals surface area contributed by atoms with Gasteiger partial charge in [-0.3, -0.25) is 0 Å². The Balaban J connectivity index is 1.79. The zero-order valence-electron chi connectivity index (χ0n) is 11.3. The van der Waals surface area contributed by atoms with Crippen LogP contribution < -0.4 is 5.43 Å². The van der Waals surface area contributed by atoms with Gasteiger partial charge < -0.3 is 5.43 Å². The number of hydrogen-bond acceptors (Lipinski definition) is 4. The zero-order chi connectivity index (χ0) is 13.9. The average molecular weight is 292 g/mol. The maximum atomic E-state index is 13.0. The van der Waals surface area contributed by atoms with Crippen molar-refractivity contribution in [3.05, 3.63) is 41.5 Å². The van der Waals surface area contributed by atoms with Crippen molar-refractivity contribution in [3.63, 3.8) is 0 Å². The molecular weight excluding hydrogens is 275 g/mol. The van der Waals surface area contributed by atoms with Crippen LogP contribution in [0.15, 0.2) is 29.4 Å². The van der Waals surface area contributed by atoms with E-state index in [1.54, 1.807) is 11.8 Å². The molecule has 1 aromatic heterocycles. The lowest BCUT2D eigenvalue weighted by Gasteiger charge is -2.26. The van der Waals surface area contributed by atoms with Crippen molar-refractivity contribution in [2.75, 3.05) is 11.2 Å². The van der Waals surface area contributed by atoms with E-state index in [9.17, 15) is 4.39 Å². The Hall–Kier alpha value is -1.56. The minimum absolute atomic E-state index is 0.157. The van der Waals surface area contributed by atoms with Crippen LogP contribution in [0.4, 0.5) is 4.39 Å². The summed E-state index contributed by atoms with van der Waals surface area (Å²) in [6.07, 6.45) is 3.16. The molecule has 0 saturated carbocycles. The highest BCUT2D eigenvalue weighted by Gasteiger charge is 2.23. The van der Waals surface area contributed by atoms with E-state index in [1.165, 1.54) is 12.1 Å². The standard InChI is InChI=1S/C14H17FN4S/c1-2-3-4-13-16-17-14-19(13)18-12(9-20-14)10-5-7-11(15)8-6-10/h5-8,12,18H,2-4,9H2,1H3. The average Bonchev–Trinajstić information content (AvgIpc) is 2.88. The highest BCUT2D eigenvalue weighted by molar-refractivity contribution is 7.99. The number of aryl methyl sites for hydroxylation is 1. The normalized spacial score (nSPS) is 17.6. The first-order valence-electron chi connectivity index (χ1n) is 6.87. The number of nitrogens with one attached hydrogen (secondary N) is 1. The highest BCUT2D eigenvalue weighted by atomic mass is 32.2. The lowest BCUT2D eigenvalue weighted by atomic mass is 10.1. The van der Waals surface area contributed by atoms with E-state index in [-0.39, 0.29) is 11.9 Å². The number of nitrogens with zero attached hydrogens (tertiary/aromatic N) is 3. The summed E-state index contributed by atoms with van der Waals surface area (Å²) >= 11 is 1.68. The molecule has 1 N–H and O–H groups in total. The molecular formula is C14H17FN4S. The van der Waals surface area contributed by atoms with E-state index in [0.29, 0.717) is 0 Å². The molecule has 0 bridgehead atoms. The molecule has 1 unspecified atom stereocenters. The van der Waals surface area contributed by atoms with Gasteiger partial charge in [-0.2, -0.15) is 0 Å². The fraction of sp³-hybridized carbons (Fsp3) is 0.429. The van der Waals surface area contributed by atoms with Crippen LogP contribution >= 0.6 is 11.8 Å². The van der Waals surface area contributed by atoms with Crippen LogP contribution in [0.3, 0.4) is 0 Å². The molecule has 1 aromatic carbocycles. The monoisotopic (exact) mass is 292 g/mol. The number of fused-ring (bicyclic) bond motifs is 1. The highest BCUT2D eigenvalue weighted by Crippen LogP contribution is 2.30. The van der Waals surface area contributed by atoms with Crippen LogP contribution in [0.1, 0.15) is 37.2 Å². The third-order valence-electron chi connectivity index (χ3n) is 3.39. The first kappa shape index (κ1) is 13.4. The summed E-state index contributed by atoms with van der Waals surface area (Å²) in [5.41, 5.74) is 4.52. The second-order valence-electron chi connectivity index (χ2n) is 4.88. The molecule has 1 aliphatic rings. The summed E-state index contributed by atoms with van der Waals surface area (Å²) in [4.78, 5) is 0. The van der Waals surface area contributed by atoms with Crippen molar-refractivity contribution < 1.29 is 4.39 Å². The molecule has 3 rings (SSSR count). The summed E-state index contributed by atoms with van der Waals surface area (Å²) < 4.78 is 15.0. The lowest BCUT2D eigenvalue weighted by molar-refractivity contribution is 0.611. The van der Waals surface area contributed by atoms with E-state index in [4.69, 9.17) is 0 Å². The van der Waals surface area contributed by atoms with Crippen molar-refractivity contribution in [2.45, 2.75) is 37.4 Å². The minimum atomic E-state index is -0.203. The van der Waals surface area contributed by atoms with Gasteiger partial charge in [0.1, 0.15) is 5.82 Å². The van der Waals surface area contributed by atoms with E-state index in [2.05, 4.69) is 22.5 Å². The fourth-order valence-electron chi connectivity index (χ4n) is 2.24. The molecule has 4 nitrogen and oxygen atoms in total. The predicted octanol–water partition coefficient (Wildman–Crippen LogP) is 3.15. The number of aromatic nitrogens is 3. The molecule has 2 heterocycles. The number of rotatable bonds is 4. The molecule has 0 spiro atoms. The minimum Gasteiger partial charge on any atom is -0.314 e. The van der Waals surface area contributed by atoms with Crippen LogP contribution in [0.25, 0.3) is 0 Å². The summed E-state index contributed by atoms with van der Waals surface area (Å²) in [7, 11) is 0. The van der Waals surface area contributed by atoms with Gasteiger partial charge in [0.15, 0.2) is 5.82 Å². The Kier molecular flexibility index (Phi) is 3.91. The van der Waals surface area contributed by atoms with Crippen molar-refractivity contribution in [2.24, 2.45) is 0 Å². The third-order valence-corrected chi connectivity index (χ3v) is 4.41. The number of benzene rings is 1. The summed E-state index contributed by atoms with van der Waals surface area (Å²) in [5.74, 6) is 1.64. The van der Waals surface area contributed by atoms with Crippen molar-refractivity contribution >= 4 is 11.8 Å². The Morgan fingerprint density at radius 2 is 2.15 bits per heavy atom. The quantitative estimate of drug-likeness (QED) is 0.940. The number of hydrogen-bond donors (Lipinski definition) is 1. The number of halogens is 1. The number of unbranched alkanes of at least 4 members (excludes halogenated alkanes) is 1. The van der Waals surface area contributed by atoms with Crippen LogP contribution in [-0.4, -0.2) is 20.6 Å². The smallest absolute Gasteiger partial charge is 0.210 e. The first-order valence-corrected chi connectivity index (χ1v) is 7.85. The lowest BCUT2D eigenvalue weighted by Crippen LogP contribution is -2.29. The van der Waals surface area contributed by atoms with Crippen LogP contribution in [0, 0.1) is 5.82 Å². The van der Waals surface area contributed by atoms with Gasteiger partial charge in [0.2, 0.25) is 5.16 Å². The van der Waals surface area contributed by atoms with Gasteiger partial charge >= 0.3 is 0 Å². The molecule has 0 aliphatic carbocycles. The Morgan fingerprint density at radius 1 is 1.35 bits per heavy atom. The Bertz CT molecular complexity index is 581. The molecule has 6 heteroatoms. The van der Waals surface area contributed by atoms with Crippen molar-refractivity contribution in [1.82, 2.24) is 14.9 Å². The third kappa shape index (κ3) is 2.65. The fourth-order valence-corrected chi connectivity index (χ4v) is 3.21. The molecule has 1 atom stereocenters. The second-order valence-corrected chi connectivity index (χ2v) is 5.87. The molecule has 106 valence electrons. The van der Waals surface area contributed by atoms with Gasteiger partial charge in [0.05, 0.1) is 6.04 Å². The zero-order valence-corrected chi connectivity index (χ0v) is 12.2. The van der Waals surface area contributed by atoms with Gasteiger partial charge in [0.25, 0.3) is 0 Å². The van der Waals surface area contributed by atoms with Gasteiger partial charge in [0, 0.05) is 12.2 Å². The summed E-state index contributed by atoms with van der Waals surface area (Å²) in [6.45, 7) is 2.16. The molecule has 2 aromatic rings. The van der Waals surface area contributed by atoms with Crippen molar-refractivity contribution in [1.29, 1.82) is 0 Å². The Labute approximate surface area is 121 Å². The van der Waals surface area contributed by atoms with Gasteiger partial charge in [-0.25, -0.2) is 9.07 Å². The topological polar surface area (TPSA) is 42.7 Å². The maximum absolute atomic E-state index is 13.0. The van der Waals surface area contributed by atoms with Crippen LogP contribution in [-0.2, 0) is 6.42 Å². The van der Waals surface area contributed by atoms with Gasteiger partial charge in [-0.05, 0) is 24.1 Å². The molecule has 0 saturated heterocycles. The van der Waals surface area contributed by atoms with Gasteiger partial charge in [-0.15, -0.1) is 10.2 Å². The van der Waals surface area contributed by atoms with E-state index < -0.39 is 0 Å². The van der Waals surface area contributed by atoms with Crippen molar-refractivity contribution in [3.8, 4) is 0 Å². The summed E-state index contributed by atoms with van der Waals surface area (Å²) in [5, 5.41) is 9.36. The van der Waals surface area contributed by atoms with Crippen LogP contribution in [0.2, 0.25) is 0 Å². The Morgan fingerprint density at radius 3 is 2.90 bits per heavy atom. The molecule has 0 fully saturated rings. The van der Waals surface area contributed by atoms with E-state index in [0.717, 1.165) is 41.6 Å². The molecule has 0 amide bonds. The van der Waals surface area contributed by atoms with Gasteiger partial charge in [-0.1, -0.05) is 37.2 Å². The van der Waals surface area contributed by atoms with E-state index >= 15 is 0 Å².